The van der Waals surface area contributed by atoms with Crippen molar-refractivity contribution in [2.45, 2.75) is 19.9 Å². The van der Waals surface area contributed by atoms with Crippen molar-refractivity contribution >= 4 is 11.7 Å². The fraction of sp³-hybridized carbons (Fsp3) is 0.667. The molecule has 0 radical (unpaired) electrons. The van der Waals surface area contributed by atoms with Crippen molar-refractivity contribution < 1.29 is 4.79 Å². The van der Waals surface area contributed by atoms with Crippen LogP contribution in [0.5, 0.6) is 0 Å². The molecule has 6 nitrogen and oxygen atoms in total. The van der Waals surface area contributed by atoms with Gasteiger partial charge in [-0.1, -0.05) is 6.92 Å². The SMILES string of the molecule is CCCn1nccc1NC(=O)CN1CCNCC1. The molecule has 2 heterocycles. The third kappa shape index (κ3) is 3.54. The number of rotatable bonds is 5. The molecule has 1 amide bonds. The number of hydrogen-bond acceptors (Lipinski definition) is 4. The predicted molar refractivity (Wildman–Crippen MR) is 70.5 cm³/mol. The highest BCUT2D eigenvalue weighted by Gasteiger charge is 2.14. The van der Waals surface area contributed by atoms with Gasteiger partial charge in [0.1, 0.15) is 5.82 Å². The quantitative estimate of drug-likeness (QED) is 0.781. The molecule has 0 bridgehead atoms. The minimum atomic E-state index is 0.0368. The molecule has 1 saturated heterocycles. The van der Waals surface area contributed by atoms with Crippen LogP contribution in [0, 0.1) is 0 Å². The van der Waals surface area contributed by atoms with E-state index in [2.05, 4.69) is 27.6 Å². The van der Waals surface area contributed by atoms with Crippen LogP contribution >= 0.6 is 0 Å². The van der Waals surface area contributed by atoms with Gasteiger partial charge in [0.05, 0.1) is 12.7 Å². The Morgan fingerprint density at radius 3 is 3.00 bits per heavy atom. The maximum absolute atomic E-state index is 11.9. The normalized spacial score (nSPS) is 16.7. The Kier molecular flexibility index (Phi) is 4.72. The van der Waals surface area contributed by atoms with Crippen LogP contribution < -0.4 is 10.6 Å². The van der Waals surface area contributed by atoms with Crippen molar-refractivity contribution in [3.8, 4) is 0 Å². The topological polar surface area (TPSA) is 62.2 Å². The first-order chi connectivity index (χ1) is 8.79. The van der Waals surface area contributed by atoms with E-state index >= 15 is 0 Å². The van der Waals surface area contributed by atoms with Crippen molar-refractivity contribution in [1.82, 2.24) is 20.0 Å². The molecule has 0 saturated carbocycles. The van der Waals surface area contributed by atoms with Crippen molar-refractivity contribution in [2.75, 3.05) is 38.0 Å². The third-order valence-corrected chi connectivity index (χ3v) is 3.00. The van der Waals surface area contributed by atoms with Crippen molar-refractivity contribution in [2.24, 2.45) is 0 Å². The molecular weight excluding hydrogens is 230 g/mol. The van der Waals surface area contributed by atoms with Gasteiger partial charge in [0, 0.05) is 38.8 Å². The molecule has 0 aromatic carbocycles. The number of nitrogens with one attached hydrogen (secondary N) is 2. The zero-order valence-electron chi connectivity index (χ0n) is 10.9. The van der Waals surface area contributed by atoms with E-state index in [0.29, 0.717) is 6.54 Å². The molecule has 0 spiro atoms. The van der Waals surface area contributed by atoms with Gasteiger partial charge in [0.2, 0.25) is 5.91 Å². The Morgan fingerprint density at radius 2 is 2.28 bits per heavy atom. The summed E-state index contributed by atoms with van der Waals surface area (Å²) in [7, 11) is 0. The average Bonchev–Trinajstić information content (AvgIpc) is 2.78. The maximum Gasteiger partial charge on any atom is 0.239 e. The van der Waals surface area contributed by atoms with Crippen LogP contribution in [0.4, 0.5) is 5.82 Å². The molecule has 1 fully saturated rings. The van der Waals surface area contributed by atoms with E-state index in [0.717, 1.165) is 45.0 Å². The summed E-state index contributed by atoms with van der Waals surface area (Å²) < 4.78 is 1.83. The number of nitrogens with zero attached hydrogens (tertiary/aromatic N) is 3. The Hall–Kier alpha value is -1.40. The molecule has 1 aromatic rings. The van der Waals surface area contributed by atoms with Crippen LogP contribution in [0.25, 0.3) is 0 Å². The molecule has 1 aliphatic heterocycles. The number of anilines is 1. The van der Waals surface area contributed by atoms with Crippen LogP contribution in [0.15, 0.2) is 12.3 Å². The summed E-state index contributed by atoms with van der Waals surface area (Å²) in [5, 5.41) is 10.4. The number of aryl methyl sites for hydroxylation is 1. The highest BCUT2D eigenvalue weighted by molar-refractivity contribution is 5.91. The number of hydrogen-bond donors (Lipinski definition) is 2. The van der Waals surface area contributed by atoms with Gasteiger partial charge in [-0.3, -0.25) is 9.69 Å². The minimum Gasteiger partial charge on any atom is -0.314 e. The van der Waals surface area contributed by atoms with Crippen LogP contribution in [-0.2, 0) is 11.3 Å². The number of aromatic nitrogens is 2. The van der Waals surface area contributed by atoms with Gasteiger partial charge >= 0.3 is 0 Å². The van der Waals surface area contributed by atoms with Gasteiger partial charge in [0.15, 0.2) is 0 Å². The van der Waals surface area contributed by atoms with Crippen LogP contribution in [0.1, 0.15) is 13.3 Å². The molecule has 6 heteroatoms. The summed E-state index contributed by atoms with van der Waals surface area (Å²) in [6.07, 6.45) is 2.72. The van der Waals surface area contributed by atoms with Gasteiger partial charge in [0.25, 0.3) is 0 Å². The summed E-state index contributed by atoms with van der Waals surface area (Å²) in [5.41, 5.74) is 0. The second kappa shape index (κ2) is 6.51. The lowest BCUT2D eigenvalue weighted by atomic mass is 10.3. The zero-order chi connectivity index (χ0) is 12.8. The summed E-state index contributed by atoms with van der Waals surface area (Å²) in [4.78, 5) is 14.1. The molecule has 0 unspecified atom stereocenters. The molecule has 0 atom stereocenters. The average molecular weight is 251 g/mol. The Bertz CT molecular complexity index is 384. The lowest BCUT2D eigenvalue weighted by Crippen LogP contribution is -2.46. The highest BCUT2D eigenvalue weighted by Crippen LogP contribution is 2.07. The van der Waals surface area contributed by atoms with Gasteiger partial charge in [-0.05, 0) is 6.42 Å². The maximum atomic E-state index is 11.9. The van der Waals surface area contributed by atoms with E-state index in [1.807, 2.05) is 10.7 Å². The van der Waals surface area contributed by atoms with Crippen molar-refractivity contribution in [1.29, 1.82) is 0 Å². The van der Waals surface area contributed by atoms with Crippen LogP contribution in [0.3, 0.4) is 0 Å². The molecule has 2 rings (SSSR count). The summed E-state index contributed by atoms with van der Waals surface area (Å²) in [6, 6.07) is 1.84. The lowest BCUT2D eigenvalue weighted by Gasteiger charge is -2.26. The molecule has 1 aromatic heterocycles. The molecule has 1 aliphatic rings. The third-order valence-electron chi connectivity index (χ3n) is 3.00. The Morgan fingerprint density at radius 1 is 1.50 bits per heavy atom. The van der Waals surface area contributed by atoms with Crippen molar-refractivity contribution in [3.05, 3.63) is 12.3 Å². The summed E-state index contributed by atoms with van der Waals surface area (Å²) in [5.74, 6) is 0.826. The van der Waals surface area contributed by atoms with Gasteiger partial charge < -0.3 is 10.6 Å². The van der Waals surface area contributed by atoms with Gasteiger partial charge in [-0.15, -0.1) is 0 Å². The van der Waals surface area contributed by atoms with Gasteiger partial charge in [-0.2, -0.15) is 5.10 Å². The fourth-order valence-corrected chi connectivity index (χ4v) is 2.08. The van der Waals surface area contributed by atoms with E-state index < -0.39 is 0 Å². The van der Waals surface area contributed by atoms with Gasteiger partial charge in [-0.25, -0.2) is 4.68 Å². The smallest absolute Gasteiger partial charge is 0.239 e. The Labute approximate surface area is 107 Å². The fourth-order valence-electron chi connectivity index (χ4n) is 2.08. The Balaban J connectivity index is 1.84. The summed E-state index contributed by atoms with van der Waals surface area (Å²) in [6.45, 7) is 7.16. The van der Waals surface area contributed by atoms with Crippen LogP contribution in [-0.4, -0.2) is 53.3 Å². The zero-order valence-corrected chi connectivity index (χ0v) is 10.9. The lowest BCUT2D eigenvalue weighted by molar-refractivity contribution is -0.117. The van der Waals surface area contributed by atoms with E-state index in [4.69, 9.17) is 0 Å². The monoisotopic (exact) mass is 251 g/mol. The second-order valence-corrected chi connectivity index (χ2v) is 4.51. The second-order valence-electron chi connectivity index (χ2n) is 4.51. The first kappa shape index (κ1) is 13.0. The molecular formula is C12H21N5O. The van der Waals surface area contributed by atoms with E-state index in [1.165, 1.54) is 0 Å². The molecule has 100 valence electrons. The number of carbonyl (C=O) groups excluding carboxylic acids is 1. The number of carbonyl (C=O) groups is 1. The van der Waals surface area contributed by atoms with E-state index in [-0.39, 0.29) is 5.91 Å². The molecule has 18 heavy (non-hydrogen) atoms. The largest absolute Gasteiger partial charge is 0.314 e. The van der Waals surface area contributed by atoms with E-state index in [9.17, 15) is 4.79 Å². The number of piperazine rings is 1. The minimum absolute atomic E-state index is 0.0368. The predicted octanol–water partition coefficient (Wildman–Crippen LogP) is 0.137. The number of amides is 1. The highest BCUT2D eigenvalue weighted by atomic mass is 16.2. The summed E-state index contributed by atoms with van der Waals surface area (Å²) >= 11 is 0. The standard InChI is InChI=1S/C12H21N5O/c1-2-7-17-11(3-4-14-17)15-12(18)10-16-8-5-13-6-9-16/h3-4,13H,2,5-10H2,1H3,(H,15,18). The van der Waals surface area contributed by atoms with Crippen LogP contribution in [0.2, 0.25) is 0 Å². The molecule has 2 N–H and O–H groups in total. The van der Waals surface area contributed by atoms with E-state index in [1.54, 1.807) is 6.20 Å². The first-order valence-corrected chi connectivity index (χ1v) is 6.54. The van der Waals surface area contributed by atoms with Crippen molar-refractivity contribution in [3.63, 3.8) is 0 Å². The molecule has 0 aliphatic carbocycles. The first-order valence-electron chi connectivity index (χ1n) is 6.54.